The molecule has 2 heterocycles. The number of carbonyl (C=O) groups is 1. The van der Waals surface area contributed by atoms with E-state index >= 15 is 0 Å². The molecule has 5 heteroatoms. The fraction of sp³-hybridized carbons (Fsp3) is 0.524. The number of imidazole rings is 1. The van der Waals surface area contributed by atoms with Gasteiger partial charge in [0.25, 0.3) is 5.91 Å². The molecular weight excluding hydrogens is 324 g/mol. The van der Waals surface area contributed by atoms with Gasteiger partial charge >= 0.3 is 0 Å². The first-order chi connectivity index (χ1) is 12.7. The van der Waals surface area contributed by atoms with Gasteiger partial charge in [0.05, 0.1) is 6.33 Å². The lowest BCUT2D eigenvalue weighted by atomic mass is 9.99. The highest BCUT2D eigenvalue weighted by Crippen LogP contribution is 2.16. The maximum Gasteiger partial charge on any atom is 0.251 e. The minimum atomic E-state index is 0.0194. The maximum atomic E-state index is 12.2. The molecular formula is C21H30N4O. The highest BCUT2D eigenvalue weighted by molar-refractivity contribution is 5.94. The minimum Gasteiger partial charge on any atom is -0.352 e. The summed E-state index contributed by atoms with van der Waals surface area (Å²) in [6, 6.07) is 7.81. The van der Waals surface area contributed by atoms with E-state index in [-0.39, 0.29) is 5.91 Å². The number of aromatic nitrogens is 2. The zero-order chi connectivity index (χ0) is 18.2. The van der Waals surface area contributed by atoms with Crippen LogP contribution >= 0.6 is 0 Å². The number of unbranched alkanes of at least 4 members (excludes halogenated alkanes) is 1. The van der Waals surface area contributed by atoms with E-state index in [9.17, 15) is 4.79 Å². The summed E-state index contributed by atoms with van der Waals surface area (Å²) in [4.78, 5) is 18.8. The van der Waals surface area contributed by atoms with Crippen molar-refractivity contribution in [3.05, 3.63) is 54.1 Å². The fourth-order valence-corrected chi connectivity index (χ4v) is 3.40. The van der Waals surface area contributed by atoms with Crippen molar-refractivity contribution in [2.24, 2.45) is 5.92 Å². The molecule has 0 radical (unpaired) electrons. The van der Waals surface area contributed by atoms with Gasteiger partial charge in [-0.15, -0.1) is 0 Å². The molecule has 0 unspecified atom stereocenters. The second-order valence-corrected chi connectivity index (χ2v) is 7.42. The molecule has 0 spiro atoms. The highest BCUT2D eigenvalue weighted by Gasteiger charge is 2.14. The molecule has 3 rings (SSSR count). The Kier molecular flexibility index (Phi) is 6.83. The standard InChI is InChI=1S/C21H30N4O/c1-18-8-13-24(14-9-18)12-3-2-10-23-21(26)20-6-4-19(5-7-20)16-25-15-11-22-17-25/h4-7,11,15,17-18H,2-3,8-10,12-14,16H2,1H3,(H,23,26). The predicted octanol–water partition coefficient (Wildman–Crippen LogP) is 3.17. The Bertz CT molecular complexity index is 658. The van der Waals surface area contributed by atoms with Crippen LogP contribution in [0.4, 0.5) is 0 Å². The third-order valence-electron chi connectivity index (χ3n) is 5.20. The van der Waals surface area contributed by atoms with Crippen molar-refractivity contribution in [3.63, 3.8) is 0 Å². The third-order valence-corrected chi connectivity index (χ3v) is 5.20. The second-order valence-electron chi connectivity index (χ2n) is 7.42. The summed E-state index contributed by atoms with van der Waals surface area (Å²) in [5, 5.41) is 3.04. The first-order valence-corrected chi connectivity index (χ1v) is 9.76. The molecule has 2 aromatic rings. The van der Waals surface area contributed by atoms with Gasteiger partial charge in [-0.3, -0.25) is 4.79 Å². The Morgan fingerprint density at radius 2 is 1.96 bits per heavy atom. The number of nitrogens with one attached hydrogen (secondary N) is 1. The van der Waals surface area contributed by atoms with E-state index in [0.29, 0.717) is 0 Å². The van der Waals surface area contributed by atoms with Gasteiger partial charge in [0.1, 0.15) is 0 Å². The quantitative estimate of drug-likeness (QED) is 0.741. The first kappa shape index (κ1) is 18.6. The summed E-state index contributed by atoms with van der Waals surface area (Å²) in [5.74, 6) is 0.905. The number of carbonyl (C=O) groups excluding carboxylic acids is 1. The van der Waals surface area contributed by atoms with Crippen molar-refractivity contribution in [2.75, 3.05) is 26.2 Å². The Morgan fingerprint density at radius 3 is 2.65 bits per heavy atom. The molecule has 1 saturated heterocycles. The number of likely N-dealkylation sites (tertiary alicyclic amines) is 1. The molecule has 0 atom stereocenters. The Hall–Kier alpha value is -2.14. The number of nitrogens with zero attached hydrogens (tertiary/aromatic N) is 3. The lowest BCUT2D eigenvalue weighted by molar-refractivity contribution is 0.0952. The first-order valence-electron chi connectivity index (χ1n) is 9.76. The molecule has 0 saturated carbocycles. The summed E-state index contributed by atoms with van der Waals surface area (Å²) in [6.45, 7) is 7.50. The highest BCUT2D eigenvalue weighted by atomic mass is 16.1. The molecule has 0 bridgehead atoms. The van der Waals surface area contributed by atoms with Crippen LogP contribution in [0.25, 0.3) is 0 Å². The SMILES string of the molecule is CC1CCN(CCCCNC(=O)c2ccc(Cn3ccnc3)cc2)CC1. The Balaban J connectivity index is 1.33. The molecule has 1 N–H and O–H groups in total. The van der Waals surface area contributed by atoms with E-state index in [1.54, 1.807) is 12.5 Å². The van der Waals surface area contributed by atoms with E-state index < -0.39 is 0 Å². The van der Waals surface area contributed by atoms with E-state index in [1.807, 2.05) is 35.0 Å². The van der Waals surface area contributed by atoms with Crippen molar-refractivity contribution in [2.45, 2.75) is 39.2 Å². The molecule has 5 nitrogen and oxygen atoms in total. The molecule has 1 fully saturated rings. The van der Waals surface area contributed by atoms with Crippen LogP contribution in [-0.4, -0.2) is 46.5 Å². The largest absolute Gasteiger partial charge is 0.352 e. The van der Waals surface area contributed by atoms with Crippen molar-refractivity contribution in [1.82, 2.24) is 19.8 Å². The van der Waals surface area contributed by atoms with E-state index in [2.05, 4.69) is 22.1 Å². The van der Waals surface area contributed by atoms with E-state index in [1.165, 1.54) is 25.9 Å². The zero-order valence-corrected chi connectivity index (χ0v) is 15.7. The van der Waals surface area contributed by atoms with E-state index in [0.717, 1.165) is 49.5 Å². The van der Waals surface area contributed by atoms with Gasteiger partial charge in [0.2, 0.25) is 0 Å². The van der Waals surface area contributed by atoms with Crippen molar-refractivity contribution >= 4 is 5.91 Å². The molecule has 1 aromatic carbocycles. The number of piperidine rings is 1. The van der Waals surface area contributed by atoms with Gasteiger partial charge < -0.3 is 14.8 Å². The summed E-state index contributed by atoms with van der Waals surface area (Å²) in [7, 11) is 0. The van der Waals surface area contributed by atoms with Crippen molar-refractivity contribution in [1.29, 1.82) is 0 Å². The van der Waals surface area contributed by atoms with Gasteiger partial charge in [-0.2, -0.15) is 0 Å². The van der Waals surface area contributed by atoms with Gasteiger partial charge in [0, 0.05) is 31.0 Å². The lowest BCUT2D eigenvalue weighted by Gasteiger charge is -2.30. The molecule has 1 aliphatic heterocycles. The van der Waals surface area contributed by atoms with Crippen LogP contribution in [0.15, 0.2) is 43.0 Å². The molecule has 1 aliphatic rings. The van der Waals surface area contributed by atoms with E-state index in [4.69, 9.17) is 0 Å². The Morgan fingerprint density at radius 1 is 1.19 bits per heavy atom. The summed E-state index contributed by atoms with van der Waals surface area (Å²) < 4.78 is 2.01. The zero-order valence-electron chi connectivity index (χ0n) is 15.7. The monoisotopic (exact) mass is 354 g/mol. The molecule has 1 amide bonds. The van der Waals surface area contributed by atoms with Crippen LogP contribution in [0.2, 0.25) is 0 Å². The molecule has 0 aliphatic carbocycles. The van der Waals surface area contributed by atoms with Crippen molar-refractivity contribution in [3.8, 4) is 0 Å². The normalized spacial score (nSPS) is 15.9. The average Bonchev–Trinajstić information content (AvgIpc) is 3.16. The van der Waals surface area contributed by atoms with Gasteiger partial charge in [-0.05, 0) is 68.9 Å². The summed E-state index contributed by atoms with van der Waals surface area (Å²) in [6.07, 6.45) is 10.3. The average molecular weight is 354 g/mol. The summed E-state index contributed by atoms with van der Waals surface area (Å²) >= 11 is 0. The summed E-state index contributed by atoms with van der Waals surface area (Å²) in [5.41, 5.74) is 1.89. The second kappa shape index (κ2) is 9.53. The van der Waals surface area contributed by atoms with Crippen LogP contribution in [0.1, 0.15) is 48.5 Å². The van der Waals surface area contributed by atoms with Gasteiger partial charge in [-0.1, -0.05) is 19.1 Å². The van der Waals surface area contributed by atoms with Crippen molar-refractivity contribution < 1.29 is 4.79 Å². The Labute approximate surface area is 156 Å². The van der Waals surface area contributed by atoms with Gasteiger partial charge in [0.15, 0.2) is 0 Å². The number of benzene rings is 1. The topological polar surface area (TPSA) is 50.2 Å². The molecule has 1 aromatic heterocycles. The van der Waals surface area contributed by atoms with Crippen LogP contribution in [0, 0.1) is 5.92 Å². The predicted molar refractivity (Wildman–Crippen MR) is 104 cm³/mol. The van der Waals surface area contributed by atoms with Crippen LogP contribution < -0.4 is 5.32 Å². The number of rotatable bonds is 8. The fourth-order valence-electron chi connectivity index (χ4n) is 3.40. The maximum absolute atomic E-state index is 12.2. The smallest absolute Gasteiger partial charge is 0.251 e. The lowest BCUT2D eigenvalue weighted by Crippen LogP contribution is -2.34. The number of hydrogen-bond donors (Lipinski definition) is 1. The minimum absolute atomic E-state index is 0.0194. The van der Waals surface area contributed by atoms with Crippen LogP contribution in [0.3, 0.4) is 0 Å². The number of hydrogen-bond acceptors (Lipinski definition) is 3. The molecule has 26 heavy (non-hydrogen) atoms. The van der Waals surface area contributed by atoms with Crippen LogP contribution in [0.5, 0.6) is 0 Å². The van der Waals surface area contributed by atoms with Gasteiger partial charge in [-0.25, -0.2) is 4.98 Å². The van der Waals surface area contributed by atoms with Crippen LogP contribution in [-0.2, 0) is 6.54 Å². The third kappa shape index (κ3) is 5.70. The molecule has 140 valence electrons. The number of amides is 1.